The Morgan fingerprint density at radius 1 is 1.05 bits per heavy atom. The minimum atomic E-state index is -0.0854. The molecule has 2 bridgehead atoms. The van der Waals surface area contributed by atoms with Crippen molar-refractivity contribution in [1.82, 2.24) is 9.88 Å². The van der Waals surface area contributed by atoms with Crippen molar-refractivity contribution in [2.45, 2.75) is 88.4 Å². The first-order chi connectivity index (χ1) is 18.3. The van der Waals surface area contributed by atoms with E-state index >= 15 is 0 Å². The molecule has 2 unspecified atom stereocenters. The number of ether oxygens (including phenoxy) is 2. The van der Waals surface area contributed by atoms with Gasteiger partial charge in [-0.05, 0) is 110 Å². The molecule has 0 amide bonds. The van der Waals surface area contributed by atoms with E-state index in [1.165, 1.54) is 60.4 Å². The molecule has 4 heterocycles. The maximum Gasteiger partial charge on any atom is 0.0974 e. The predicted octanol–water partition coefficient (Wildman–Crippen LogP) is 6.81. The van der Waals surface area contributed by atoms with Gasteiger partial charge in [0.15, 0.2) is 0 Å². The van der Waals surface area contributed by atoms with Gasteiger partial charge in [-0.2, -0.15) is 0 Å². The van der Waals surface area contributed by atoms with Crippen LogP contribution in [-0.4, -0.2) is 53.9 Å². The van der Waals surface area contributed by atoms with Gasteiger partial charge in [-0.25, -0.2) is 0 Å². The molecule has 2 aromatic rings. The number of aromatic nitrogens is 1. The van der Waals surface area contributed by atoms with Crippen LogP contribution in [0.4, 0.5) is 0 Å². The normalized spacial score (nSPS) is 40.7. The van der Waals surface area contributed by atoms with Crippen LogP contribution in [-0.2, 0) is 9.47 Å². The van der Waals surface area contributed by atoms with Gasteiger partial charge in [0.05, 0.1) is 24.4 Å². The highest BCUT2D eigenvalue weighted by Gasteiger charge is 2.66. The summed E-state index contributed by atoms with van der Waals surface area (Å²) in [4.78, 5) is 7.04. The molecule has 2 saturated carbocycles. The fraction of sp³-hybridized carbons (Fsp3) is 0.618. The second kappa shape index (κ2) is 8.02. The summed E-state index contributed by atoms with van der Waals surface area (Å²) in [7, 11) is 2.34. The maximum absolute atomic E-state index is 7.57. The van der Waals surface area contributed by atoms with E-state index in [4.69, 9.17) is 9.47 Å². The van der Waals surface area contributed by atoms with E-state index in [0.717, 1.165) is 32.6 Å². The SMILES string of the molecule is CN(CC1(C)COC1)[C@H]1CCC2=CC3=CC[C@]4(C)C(c5ccc6ccncc6c5)CC[C@H]4C34CC[C@]2(C1)O4. The lowest BCUT2D eigenvalue weighted by atomic mass is 9.58. The molecule has 4 fully saturated rings. The van der Waals surface area contributed by atoms with E-state index < -0.39 is 0 Å². The number of hydrogen-bond donors (Lipinski definition) is 0. The Kier molecular flexibility index (Phi) is 5.03. The third kappa shape index (κ3) is 3.23. The predicted molar refractivity (Wildman–Crippen MR) is 151 cm³/mol. The van der Waals surface area contributed by atoms with Gasteiger partial charge in [-0.3, -0.25) is 4.98 Å². The Balaban J connectivity index is 1.10. The molecule has 1 aromatic carbocycles. The lowest BCUT2D eigenvalue weighted by molar-refractivity contribution is -0.147. The Labute approximate surface area is 227 Å². The molecule has 4 heteroatoms. The van der Waals surface area contributed by atoms with Crippen LogP contribution in [0.5, 0.6) is 0 Å². The molecule has 2 spiro atoms. The Hall–Kier alpha value is -2.01. The monoisotopic (exact) mass is 510 g/mol. The second-order valence-electron chi connectivity index (χ2n) is 14.3. The van der Waals surface area contributed by atoms with Crippen LogP contribution in [0.3, 0.4) is 0 Å². The summed E-state index contributed by atoms with van der Waals surface area (Å²) in [6.45, 7) is 7.90. The number of allylic oxidation sites excluding steroid dienone is 1. The standard InChI is InChI=1S/C34H42N2O2/c1-31(21-37-22-31)20-36(3)28-7-6-26-17-27-10-12-32(2)29(24-5-4-23-11-15-35-19-25(23)16-24)8-9-30(32)34(27)14-13-33(26,18-28)38-34/h4-5,10-11,15-17,19,28-30H,6-9,12-14,18,20-22H2,1-3H3/t28-,29?,30+,32+,33+,34?/m0/s1. The molecule has 3 aliphatic carbocycles. The smallest absolute Gasteiger partial charge is 0.0974 e. The van der Waals surface area contributed by atoms with E-state index in [-0.39, 0.29) is 16.6 Å². The zero-order valence-corrected chi connectivity index (χ0v) is 23.3. The average molecular weight is 511 g/mol. The van der Waals surface area contributed by atoms with E-state index in [2.05, 4.69) is 67.2 Å². The van der Waals surface area contributed by atoms with Crippen molar-refractivity contribution in [1.29, 1.82) is 0 Å². The quantitative estimate of drug-likeness (QED) is 0.452. The average Bonchev–Trinajstić information content (AvgIpc) is 3.42. The van der Waals surface area contributed by atoms with Gasteiger partial charge in [0, 0.05) is 35.8 Å². The molecule has 38 heavy (non-hydrogen) atoms. The van der Waals surface area contributed by atoms with E-state index in [0.29, 0.717) is 23.3 Å². The summed E-state index contributed by atoms with van der Waals surface area (Å²) < 4.78 is 13.1. The third-order valence-corrected chi connectivity index (χ3v) is 11.9. The number of pyridine rings is 1. The first-order valence-electron chi connectivity index (χ1n) is 15.1. The summed E-state index contributed by atoms with van der Waals surface area (Å²) in [6.07, 6.45) is 18.8. The van der Waals surface area contributed by atoms with Crippen molar-refractivity contribution in [3.05, 3.63) is 65.5 Å². The highest BCUT2D eigenvalue weighted by Crippen LogP contribution is 2.69. The van der Waals surface area contributed by atoms with Gasteiger partial charge in [0.1, 0.15) is 0 Å². The number of fused-ring (bicyclic) bond motifs is 2. The number of benzene rings is 1. The molecule has 2 saturated heterocycles. The molecule has 200 valence electrons. The van der Waals surface area contributed by atoms with E-state index in [1.807, 2.05) is 12.4 Å². The van der Waals surface area contributed by atoms with Gasteiger partial charge in [0.2, 0.25) is 0 Å². The van der Waals surface area contributed by atoms with Crippen LogP contribution in [0.2, 0.25) is 0 Å². The highest BCUT2D eigenvalue weighted by atomic mass is 16.5. The molecule has 6 aliphatic rings. The van der Waals surface area contributed by atoms with Crippen LogP contribution in [0.1, 0.15) is 76.7 Å². The summed E-state index contributed by atoms with van der Waals surface area (Å²) in [5.41, 5.74) is 5.05. The van der Waals surface area contributed by atoms with Crippen molar-refractivity contribution >= 4 is 10.8 Å². The molecule has 6 atom stereocenters. The minimum absolute atomic E-state index is 0.0451. The van der Waals surface area contributed by atoms with E-state index in [9.17, 15) is 0 Å². The van der Waals surface area contributed by atoms with Gasteiger partial charge in [-0.15, -0.1) is 0 Å². The Morgan fingerprint density at radius 3 is 2.79 bits per heavy atom. The molecular weight excluding hydrogens is 468 g/mol. The van der Waals surface area contributed by atoms with Crippen molar-refractivity contribution in [2.75, 3.05) is 26.8 Å². The second-order valence-corrected chi connectivity index (χ2v) is 14.3. The van der Waals surface area contributed by atoms with Crippen molar-refractivity contribution in [3.63, 3.8) is 0 Å². The van der Waals surface area contributed by atoms with Gasteiger partial charge in [-0.1, -0.05) is 38.1 Å². The van der Waals surface area contributed by atoms with Crippen LogP contribution in [0, 0.1) is 16.7 Å². The van der Waals surface area contributed by atoms with Gasteiger partial charge >= 0.3 is 0 Å². The topological polar surface area (TPSA) is 34.6 Å². The Morgan fingerprint density at radius 2 is 1.95 bits per heavy atom. The van der Waals surface area contributed by atoms with Crippen LogP contribution in [0.15, 0.2) is 60.0 Å². The van der Waals surface area contributed by atoms with Crippen LogP contribution >= 0.6 is 0 Å². The minimum Gasteiger partial charge on any atom is -0.380 e. The number of hydrogen-bond acceptors (Lipinski definition) is 4. The summed E-state index contributed by atoms with van der Waals surface area (Å²) in [6, 6.07) is 9.84. The van der Waals surface area contributed by atoms with Crippen molar-refractivity contribution in [2.24, 2.45) is 16.7 Å². The molecule has 0 N–H and O–H groups in total. The molecule has 3 aliphatic heterocycles. The van der Waals surface area contributed by atoms with Gasteiger partial charge < -0.3 is 14.4 Å². The van der Waals surface area contributed by atoms with Crippen molar-refractivity contribution in [3.8, 4) is 0 Å². The van der Waals surface area contributed by atoms with E-state index in [1.54, 1.807) is 5.57 Å². The van der Waals surface area contributed by atoms with Crippen LogP contribution < -0.4 is 0 Å². The lowest BCUT2D eigenvalue weighted by Crippen LogP contribution is -2.56. The van der Waals surface area contributed by atoms with Crippen LogP contribution in [0.25, 0.3) is 10.8 Å². The summed E-state index contributed by atoms with van der Waals surface area (Å²) in [5, 5.41) is 2.55. The molecule has 8 rings (SSSR count). The summed E-state index contributed by atoms with van der Waals surface area (Å²) in [5.74, 6) is 1.16. The highest BCUT2D eigenvalue weighted by molar-refractivity contribution is 5.82. The molecule has 0 radical (unpaired) electrons. The zero-order chi connectivity index (χ0) is 25.8. The fourth-order valence-corrected chi connectivity index (χ4v) is 9.90. The third-order valence-electron chi connectivity index (χ3n) is 11.9. The first kappa shape index (κ1) is 23.8. The lowest BCUT2D eigenvalue weighted by Gasteiger charge is -2.55. The summed E-state index contributed by atoms with van der Waals surface area (Å²) >= 11 is 0. The number of rotatable bonds is 4. The van der Waals surface area contributed by atoms with Gasteiger partial charge in [0.25, 0.3) is 0 Å². The molecule has 4 nitrogen and oxygen atoms in total. The molecule has 1 aromatic heterocycles. The number of nitrogens with zero attached hydrogens (tertiary/aromatic N) is 2. The fourth-order valence-electron chi connectivity index (χ4n) is 9.90. The maximum atomic E-state index is 7.57. The Bertz CT molecular complexity index is 1360. The first-order valence-corrected chi connectivity index (χ1v) is 15.1. The largest absolute Gasteiger partial charge is 0.380 e. The molecular formula is C34H42N2O2. The van der Waals surface area contributed by atoms with Crippen molar-refractivity contribution < 1.29 is 9.47 Å². The zero-order valence-electron chi connectivity index (χ0n) is 23.3.